The van der Waals surface area contributed by atoms with E-state index in [1.165, 1.54) is 5.56 Å². The van der Waals surface area contributed by atoms with Gasteiger partial charge in [0.1, 0.15) is 11.4 Å². The number of hydrogen-bond acceptors (Lipinski definition) is 8. The maximum Gasteiger partial charge on any atom is 0.510 e. The molecule has 8 nitrogen and oxygen atoms in total. The Bertz CT molecular complexity index is 1040. The molecule has 2 amide bonds. The molecular formula is C27H34N2O6S. The second-order valence-electron chi connectivity index (χ2n) is 9.23. The highest BCUT2D eigenvalue weighted by Gasteiger charge is 2.40. The Hall–Kier alpha value is -3.07. The highest BCUT2D eigenvalue weighted by Crippen LogP contribution is 2.30. The molecule has 0 spiro atoms. The number of amides is 2. The molecule has 1 fully saturated rings. The van der Waals surface area contributed by atoms with Crippen LogP contribution in [0.3, 0.4) is 0 Å². The number of rotatable bonds is 12. The summed E-state index contributed by atoms with van der Waals surface area (Å²) in [5.41, 5.74) is 2.42. The molecule has 1 aromatic carbocycles. The first-order chi connectivity index (χ1) is 17.2. The van der Waals surface area contributed by atoms with E-state index in [1.54, 1.807) is 13.8 Å². The first-order valence-corrected chi connectivity index (χ1v) is 13.1. The lowest BCUT2D eigenvalue weighted by Crippen LogP contribution is -2.36. The lowest BCUT2D eigenvalue weighted by Gasteiger charge is -2.24. The normalized spacial score (nSPS) is 15.8. The summed E-state index contributed by atoms with van der Waals surface area (Å²) in [4.78, 5) is 42.4. The zero-order valence-electron chi connectivity index (χ0n) is 21.3. The SMILES string of the molecule is CCCC(C)(C)OC(=O)OCN1C(=O)SC(Cc2ccc(OCCc3ccc(CC)cn3)cc2)C1=O. The molecule has 1 aliphatic heterocycles. The molecular weight excluding hydrogens is 480 g/mol. The van der Waals surface area contributed by atoms with E-state index in [-0.39, 0.29) is 5.91 Å². The third-order valence-electron chi connectivity index (χ3n) is 5.79. The Morgan fingerprint density at radius 1 is 1.08 bits per heavy atom. The minimum absolute atomic E-state index is 0.382. The van der Waals surface area contributed by atoms with Crippen molar-refractivity contribution in [1.82, 2.24) is 9.88 Å². The van der Waals surface area contributed by atoms with Crippen molar-refractivity contribution in [2.24, 2.45) is 0 Å². The van der Waals surface area contributed by atoms with Gasteiger partial charge in [-0.2, -0.15) is 0 Å². The highest BCUT2D eigenvalue weighted by atomic mass is 32.2. The Balaban J connectivity index is 1.44. The second-order valence-corrected chi connectivity index (χ2v) is 10.4. The van der Waals surface area contributed by atoms with Crippen LogP contribution in [0.25, 0.3) is 0 Å². The molecule has 0 bridgehead atoms. The fourth-order valence-corrected chi connectivity index (χ4v) is 4.81. The summed E-state index contributed by atoms with van der Waals surface area (Å²) in [7, 11) is 0. The van der Waals surface area contributed by atoms with Gasteiger partial charge in [-0.15, -0.1) is 0 Å². The molecule has 1 unspecified atom stereocenters. The number of carbonyl (C=O) groups is 3. The summed E-state index contributed by atoms with van der Waals surface area (Å²) in [5, 5.41) is -1.01. The van der Waals surface area contributed by atoms with Crippen LogP contribution in [0.4, 0.5) is 9.59 Å². The van der Waals surface area contributed by atoms with Crippen molar-refractivity contribution in [3.8, 4) is 5.75 Å². The van der Waals surface area contributed by atoms with Crippen LogP contribution in [0.5, 0.6) is 5.75 Å². The fourth-order valence-electron chi connectivity index (χ4n) is 3.79. The molecule has 0 saturated carbocycles. The molecule has 3 rings (SSSR count). The number of benzene rings is 1. The third-order valence-corrected chi connectivity index (χ3v) is 6.87. The zero-order valence-corrected chi connectivity index (χ0v) is 22.1. The number of imide groups is 1. The average molecular weight is 515 g/mol. The lowest BCUT2D eigenvalue weighted by atomic mass is 10.0. The van der Waals surface area contributed by atoms with E-state index < -0.39 is 29.0 Å². The average Bonchev–Trinajstić information content (AvgIpc) is 3.10. The van der Waals surface area contributed by atoms with Crippen molar-refractivity contribution < 1.29 is 28.6 Å². The Morgan fingerprint density at radius 3 is 2.44 bits per heavy atom. The minimum Gasteiger partial charge on any atom is -0.493 e. The molecule has 1 aliphatic rings. The highest BCUT2D eigenvalue weighted by molar-refractivity contribution is 8.15. The van der Waals surface area contributed by atoms with Gasteiger partial charge in [-0.1, -0.05) is 50.2 Å². The summed E-state index contributed by atoms with van der Waals surface area (Å²) in [6.07, 6.45) is 4.58. The molecule has 9 heteroatoms. The number of hydrogen-bond donors (Lipinski definition) is 0. The fraction of sp³-hybridized carbons (Fsp3) is 0.481. The maximum absolute atomic E-state index is 12.7. The van der Waals surface area contributed by atoms with Crippen LogP contribution in [0.2, 0.25) is 0 Å². The molecule has 0 radical (unpaired) electrons. The Morgan fingerprint density at radius 2 is 1.81 bits per heavy atom. The summed E-state index contributed by atoms with van der Waals surface area (Å²) in [6, 6.07) is 11.6. The van der Waals surface area contributed by atoms with Crippen LogP contribution in [0.1, 0.15) is 57.4 Å². The van der Waals surface area contributed by atoms with Crippen molar-refractivity contribution in [1.29, 1.82) is 0 Å². The number of ether oxygens (including phenoxy) is 3. The number of pyridine rings is 1. The quantitative estimate of drug-likeness (QED) is 0.340. The van der Waals surface area contributed by atoms with Gasteiger partial charge in [-0.25, -0.2) is 9.69 Å². The molecule has 0 aliphatic carbocycles. The molecule has 1 atom stereocenters. The van der Waals surface area contributed by atoms with E-state index in [1.807, 2.05) is 43.5 Å². The van der Waals surface area contributed by atoms with Crippen LogP contribution in [0, 0.1) is 0 Å². The van der Waals surface area contributed by atoms with Crippen molar-refractivity contribution in [2.75, 3.05) is 13.3 Å². The smallest absolute Gasteiger partial charge is 0.493 e. The van der Waals surface area contributed by atoms with Crippen molar-refractivity contribution in [3.05, 3.63) is 59.4 Å². The van der Waals surface area contributed by atoms with Crippen LogP contribution in [-0.2, 0) is 33.5 Å². The number of aryl methyl sites for hydroxylation is 1. The third kappa shape index (κ3) is 7.98. The molecule has 0 N–H and O–H groups in total. The number of nitrogens with zero attached hydrogens (tertiary/aromatic N) is 2. The van der Waals surface area contributed by atoms with E-state index in [4.69, 9.17) is 14.2 Å². The van der Waals surface area contributed by atoms with Gasteiger partial charge in [0.2, 0.25) is 5.91 Å². The molecule has 194 valence electrons. The molecule has 2 heterocycles. The van der Waals surface area contributed by atoms with Gasteiger partial charge in [0.15, 0.2) is 6.73 Å². The van der Waals surface area contributed by atoms with E-state index in [0.717, 1.165) is 46.5 Å². The summed E-state index contributed by atoms with van der Waals surface area (Å²) < 4.78 is 16.1. The zero-order chi connectivity index (χ0) is 26.1. The van der Waals surface area contributed by atoms with Crippen molar-refractivity contribution in [2.45, 2.75) is 70.7 Å². The number of aromatic nitrogens is 1. The largest absolute Gasteiger partial charge is 0.510 e. The van der Waals surface area contributed by atoms with Gasteiger partial charge in [0.25, 0.3) is 5.24 Å². The minimum atomic E-state index is -0.896. The van der Waals surface area contributed by atoms with Gasteiger partial charge in [-0.3, -0.25) is 14.6 Å². The molecule has 2 aromatic rings. The van der Waals surface area contributed by atoms with E-state index in [9.17, 15) is 14.4 Å². The first-order valence-electron chi connectivity index (χ1n) is 12.2. The van der Waals surface area contributed by atoms with Crippen LogP contribution < -0.4 is 4.74 Å². The van der Waals surface area contributed by atoms with Crippen molar-refractivity contribution in [3.63, 3.8) is 0 Å². The second kappa shape index (κ2) is 12.8. The monoisotopic (exact) mass is 514 g/mol. The lowest BCUT2D eigenvalue weighted by molar-refractivity contribution is -0.130. The number of carbonyl (C=O) groups excluding carboxylic acids is 3. The van der Waals surface area contributed by atoms with Gasteiger partial charge in [0, 0.05) is 18.3 Å². The number of thioether (sulfide) groups is 1. The first kappa shape index (κ1) is 27.5. The Labute approximate surface area is 216 Å². The predicted molar refractivity (Wildman–Crippen MR) is 138 cm³/mol. The van der Waals surface area contributed by atoms with Gasteiger partial charge < -0.3 is 14.2 Å². The molecule has 36 heavy (non-hydrogen) atoms. The summed E-state index contributed by atoms with van der Waals surface area (Å²) in [5.74, 6) is 0.345. The topological polar surface area (TPSA) is 95.0 Å². The van der Waals surface area contributed by atoms with Gasteiger partial charge >= 0.3 is 6.16 Å². The van der Waals surface area contributed by atoms with E-state index in [0.29, 0.717) is 25.9 Å². The molecule has 1 aromatic heterocycles. The Kier molecular flexibility index (Phi) is 9.75. The van der Waals surface area contributed by atoms with Crippen LogP contribution >= 0.6 is 11.8 Å². The van der Waals surface area contributed by atoms with Gasteiger partial charge in [0.05, 0.1) is 11.9 Å². The van der Waals surface area contributed by atoms with E-state index in [2.05, 4.69) is 18.0 Å². The summed E-state index contributed by atoms with van der Waals surface area (Å²) >= 11 is 0.935. The summed E-state index contributed by atoms with van der Waals surface area (Å²) in [6.45, 7) is 7.72. The standard InChI is InChI=1S/C27H34N2O6S/c1-5-14-27(3,4)35-26(32)34-18-29-24(30)23(36-25(29)31)16-20-8-11-22(12-9-20)33-15-13-21-10-7-19(6-2)17-28-21/h7-12,17,23H,5-6,13-16,18H2,1-4H3. The predicted octanol–water partition coefficient (Wildman–Crippen LogP) is 5.56. The van der Waals surface area contributed by atoms with Crippen LogP contribution in [0.15, 0.2) is 42.6 Å². The van der Waals surface area contributed by atoms with E-state index >= 15 is 0 Å². The van der Waals surface area contributed by atoms with Gasteiger partial charge in [-0.05, 0) is 62.4 Å². The van der Waals surface area contributed by atoms with Crippen LogP contribution in [-0.4, -0.2) is 51.4 Å². The maximum atomic E-state index is 12.7. The molecule has 1 saturated heterocycles. The van der Waals surface area contributed by atoms with Crippen molar-refractivity contribution >= 4 is 29.1 Å².